The molecule has 2 aromatic rings. The van der Waals surface area contributed by atoms with Crippen LogP contribution in [0, 0.1) is 11.8 Å². The van der Waals surface area contributed by atoms with Gasteiger partial charge in [0.25, 0.3) is 0 Å². The second-order valence-corrected chi connectivity index (χ2v) is 6.28. The fraction of sp³-hybridized carbons (Fsp3) is 0.412. The summed E-state index contributed by atoms with van der Waals surface area (Å²) in [4.78, 5) is 16.0. The van der Waals surface area contributed by atoms with Gasteiger partial charge in [-0.2, -0.15) is 0 Å². The van der Waals surface area contributed by atoms with E-state index in [1.807, 2.05) is 24.3 Å². The monoisotopic (exact) mass is 316 g/mol. The van der Waals surface area contributed by atoms with Crippen molar-refractivity contribution in [2.45, 2.75) is 18.6 Å². The van der Waals surface area contributed by atoms with Crippen LogP contribution < -0.4 is 14.8 Å². The standard InChI is InChI=1S/C17H17FN2O3/c1-17(18)13-12(20-15(21)14(13)17)8-23-16-11-7-10(22-2)4-3-9(11)5-6-19-16/h3-7,12-14H,8H2,1-2H3,(H,20,21)/t12-,13-,14-,17?/m1/s1. The van der Waals surface area contributed by atoms with E-state index in [1.165, 1.54) is 6.92 Å². The number of pyridine rings is 1. The molecule has 120 valence electrons. The number of hydrogen-bond donors (Lipinski definition) is 1. The third-order valence-electron chi connectivity index (χ3n) is 4.89. The summed E-state index contributed by atoms with van der Waals surface area (Å²) in [6.07, 6.45) is 1.66. The van der Waals surface area contributed by atoms with E-state index in [2.05, 4.69) is 10.3 Å². The van der Waals surface area contributed by atoms with Crippen LogP contribution in [0.15, 0.2) is 30.5 Å². The normalized spacial score (nSPS) is 31.6. The van der Waals surface area contributed by atoms with Crippen LogP contribution in [-0.4, -0.2) is 36.3 Å². The first-order chi connectivity index (χ1) is 11.0. The maximum atomic E-state index is 14.1. The van der Waals surface area contributed by atoms with E-state index in [-0.39, 0.29) is 24.5 Å². The average molecular weight is 316 g/mol. The molecule has 2 fully saturated rings. The maximum absolute atomic E-state index is 14.1. The zero-order chi connectivity index (χ0) is 16.2. The molecule has 1 N–H and O–H groups in total. The summed E-state index contributed by atoms with van der Waals surface area (Å²) in [5.41, 5.74) is -1.41. The highest BCUT2D eigenvalue weighted by atomic mass is 19.1. The second kappa shape index (κ2) is 4.81. The number of nitrogens with zero attached hydrogens (tertiary/aromatic N) is 1. The fourth-order valence-electron chi connectivity index (χ4n) is 3.60. The molecule has 2 aliphatic rings. The van der Waals surface area contributed by atoms with E-state index >= 15 is 0 Å². The molecule has 0 radical (unpaired) electrons. The number of carbonyl (C=O) groups excluding carboxylic acids is 1. The van der Waals surface area contributed by atoms with Crippen LogP contribution in [0.2, 0.25) is 0 Å². The van der Waals surface area contributed by atoms with E-state index in [1.54, 1.807) is 13.3 Å². The van der Waals surface area contributed by atoms with Crippen molar-refractivity contribution >= 4 is 16.7 Å². The van der Waals surface area contributed by atoms with Crippen LogP contribution in [0.3, 0.4) is 0 Å². The van der Waals surface area contributed by atoms with Crippen molar-refractivity contribution in [1.82, 2.24) is 10.3 Å². The lowest BCUT2D eigenvalue weighted by molar-refractivity contribution is -0.122. The lowest BCUT2D eigenvalue weighted by atomic mass is 10.1. The Morgan fingerprint density at radius 1 is 1.39 bits per heavy atom. The zero-order valence-corrected chi connectivity index (χ0v) is 12.9. The molecule has 23 heavy (non-hydrogen) atoms. The molecular formula is C17H17FN2O3. The predicted octanol–water partition coefficient (Wildman–Crippen LogP) is 2.09. The van der Waals surface area contributed by atoms with Crippen molar-refractivity contribution in [2.24, 2.45) is 11.8 Å². The molecule has 5 nitrogen and oxygen atoms in total. The Labute approximate surface area is 132 Å². The van der Waals surface area contributed by atoms with Crippen LogP contribution in [0.5, 0.6) is 11.6 Å². The quantitative estimate of drug-likeness (QED) is 0.938. The molecule has 1 aromatic carbocycles. The molecule has 0 bridgehead atoms. The van der Waals surface area contributed by atoms with E-state index < -0.39 is 11.6 Å². The minimum absolute atomic E-state index is 0.204. The van der Waals surface area contributed by atoms with Crippen LogP contribution in [0.25, 0.3) is 10.8 Å². The number of alkyl halides is 1. The van der Waals surface area contributed by atoms with E-state index in [9.17, 15) is 9.18 Å². The van der Waals surface area contributed by atoms with Gasteiger partial charge in [-0.05, 0) is 30.5 Å². The Hall–Kier alpha value is -2.37. The fourth-order valence-corrected chi connectivity index (χ4v) is 3.60. The minimum atomic E-state index is -1.41. The summed E-state index contributed by atoms with van der Waals surface area (Å²) in [6.45, 7) is 1.69. The molecule has 0 spiro atoms. The molecule has 1 aliphatic heterocycles. The van der Waals surface area contributed by atoms with Gasteiger partial charge in [0.05, 0.1) is 19.1 Å². The molecule has 4 rings (SSSR count). The van der Waals surface area contributed by atoms with Crippen molar-refractivity contribution in [3.8, 4) is 11.6 Å². The topological polar surface area (TPSA) is 60.5 Å². The van der Waals surface area contributed by atoms with Gasteiger partial charge in [0.2, 0.25) is 11.8 Å². The van der Waals surface area contributed by atoms with Gasteiger partial charge < -0.3 is 14.8 Å². The molecule has 1 unspecified atom stereocenters. The number of carbonyl (C=O) groups is 1. The summed E-state index contributed by atoms with van der Waals surface area (Å²) in [5, 5.41) is 4.60. The number of fused-ring (bicyclic) bond motifs is 2. The number of piperidine rings is 1. The molecule has 4 atom stereocenters. The Kier molecular flexibility index (Phi) is 2.98. The second-order valence-electron chi connectivity index (χ2n) is 6.28. The van der Waals surface area contributed by atoms with Crippen molar-refractivity contribution in [1.29, 1.82) is 0 Å². The molecule has 1 aromatic heterocycles. The number of hydrogen-bond acceptors (Lipinski definition) is 4. The molecule has 2 heterocycles. The number of halogens is 1. The first kappa shape index (κ1) is 14.2. The summed E-state index contributed by atoms with van der Waals surface area (Å²) in [6, 6.07) is 7.21. The van der Waals surface area contributed by atoms with Crippen LogP contribution in [-0.2, 0) is 4.79 Å². The minimum Gasteiger partial charge on any atom is -0.497 e. The third kappa shape index (κ3) is 2.12. The number of aromatic nitrogens is 1. The summed E-state index contributed by atoms with van der Waals surface area (Å²) in [7, 11) is 1.60. The number of methoxy groups -OCH3 is 1. The SMILES string of the molecule is COc1ccc2ccnc(OC[C@H]3NC(=O)[C@H]4[C@@H]3C4(C)F)c2c1. The lowest BCUT2D eigenvalue weighted by Crippen LogP contribution is -2.39. The molecule has 1 amide bonds. The number of amides is 1. The molecule has 6 heteroatoms. The summed E-state index contributed by atoms with van der Waals surface area (Å²) < 4.78 is 25.2. The van der Waals surface area contributed by atoms with E-state index in [0.717, 1.165) is 10.8 Å². The first-order valence-electron chi connectivity index (χ1n) is 7.57. The summed E-state index contributed by atoms with van der Waals surface area (Å²) in [5.74, 6) is 0.112. The Balaban J connectivity index is 1.56. The van der Waals surface area contributed by atoms with Crippen molar-refractivity contribution in [3.63, 3.8) is 0 Å². The molecule has 1 saturated carbocycles. The third-order valence-corrected chi connectivity index (χ3v) is 4.89. The van der Waals surface area contributed by atoms with Crippen molar-refractivity contribution in [3.05, 3.63) is 30.5 Å². The Bertz CT molecular complexity index is 793. The van der Waals surface area contributed by atoms with Gasteiger partial charge in [0.15, 0.2) is 0 Å². The summed E-state index contributed by atoms with van der Waals surface area (Å²) >= 11 is 0. The van der Waals surface area contributed by atoms with Gasteiger partial charge in [-0.25, -0.2) is 9.37 Å². The van der Waals surface area contributed by atoms with Crippen LogP contribution in [0.1, 0.15) is 6.92 Å². The molecule has 1 aliphatic carbocycles. The van der Waals surface area contributed by atoms with Gasteiger partial charge in [-0.3, -0.25) is 4.79 Å². The van der Waals surface area contributed by atoms with Gasteiger partial charge >= 0.3 is 0 Å². The van der Waals surface area contributed by atoms with E-state index in [4.69, 9.17) is 9.47 Å². The van der Waals surface area contributed by atoms with Crippen LogP contribution >= 0.6 is 0 Å². The van der Waals surface area contributed by atoms with Crippen LogP contribution in [0.4, 0.5) is 4.39 Å². The number of nitrogens with one attached hydrogen (secondary N) is 1. The maximum Gasteiger partial charge on any atom is 0.227 e. The van der Waals surface area contributed by atoms with Gasteiger partial charge in [-0.1, -0.05) is 6.07 Å². The van der Waals surface area contributed by atoms with Gasteiger partial charge in [0.1, 0.15) is 18.0 Å². The van der Waals surface area contributed by atoms with Crippen molar-refractivity contribution in [2.75, 3.05) is 13.7 Å². The number of benzene rings is 1. The first-order valence-corrected chi connectivity index (χ1v) is 7.57. The number of rotatable bonds is 4. The highest BCUT2D eigenvalue weighted by Gasteiger charge is 2.73. The largest absolute Gasteiger partial charge is 0.497 e. The Morgan fingerprint density at radius 2 is 2.22 bits per heavy atom. The van der Waals surface area contributed by atoms with Gasteiger partial charge in [0, 0.05) is 17.5 Å². The predicted molar refractivity (Wildman–Crippen MR) is 82.2 cm³/mol. The Morgan fingerprint density at radius 3 is 2.91 bits per heavy atom. The number of ether oxygens (including phenoxy) is 2. The van der Waals surface area contributed by atoms with Gasteiger partial charge in [-0.15, -0.1) is 0 Å². The highest BCUT2D eigenvalue weighted by molar-refractivity contribution is 5.88. The average Bonchev–Trinajstić information content (AvgIpc) is 2.94. The van der Waals surface area contributed by atoms with E-state index in [0.29, 0.717) is 11.6 Å². The smallest absolute Gasteiger partial charge is 0.227 e. The molecular weight excluding hydrogens is 299 g/mol. The van der Waals surface area contributed by atoms with Crippen molar-refractivity contribution < 1.29 is 18.7 Å². The zero-order valence-electron chi connectivity index (χ0n) is 12.9. The molecule has 1 saturated heterocycles. The highest BCUT2D eigenvalue weighted by Crippen LogP contribution is 2.58. The lowest BCUT2D eigenvalue weighted by Gasteiger charge is -2.18.